The third-order valence-electron chi connectivity index (χ3n) is 5.09. The Morgan fingerprint density at radius 3 is 0.969 bits per heavy atom. The first kappa shape index (κ1) is 21.0. The predicted molar refractivity (Wildman–Crippen MR) is 132 cm³/mol. The van der Waals surface area contributed by atoms with Gasteiger partial charge in [-0.15, -0.1) is 0 Å². The van der Waals surface area contributed by atoms with Crippen molar-refractivity contribution in [1.29, 1.82) is 0 Å². The molecule has 0 heterocycles. The van der Waals surface area contributed by atoms with E-state index in [1.54, 1.807) is 24.3 Å². The number of hydrogen-bond acceptors (Lipinski definition) is 2. The first-order valence-electron chi connectivity index (χ1n) is 10.4. The number of benzene rings is 4. The summed E-state index contributed by atoms with van der Waals surface area (Å²) in [6.45, 7) is 0. The third-order valence-corrected chi connectivity index (χ3v) is 5.09. The quantitative estimate of drug-likeness (QED) is 0.184. The van der Waals surface area contributed by atoms with Gasteiger partial charge in [0.15, 0.2) is 0 Å². The molecule has 32 heavy (non-hydrogen) atoms. The van der Waals surface area contributed by atoms with Gasteiger partial charge in [0.2, 0.25) is 11.6 Å². The molecule has 154 valence electrons. The van der Waals surface area contributed by atoms with Gasteiger partial charge < -0.3 is 0 Å². The number of hydrogen-bond donors (Lipinski definition) is 0. The van der Waals surface area contributed by atoms with Crippen molar-refractivity contribution in [3.63, 3.8) is 0 Å². The normalized spacial score (nSPS) is 11.1. The molecule has 0 aliphatic heterocycles. The van der Waals surface area contributed by atoms with Gasteiger partial charge in [-0.3, -0.25) is 9.59 Å². The van der Waals surface area contributed by atoms with Gasteiger partial charge in [0.1, 0.15) is 0 Å². The van der Waals surface area contributed by atoms with Gasteiger partial charge in [0.05, 0.1) is 0 Å². The lowest BCUT2D eigenvalue weighted by molar-refractivity contribution is 0.0817. The van der Waals surface area contributed by atoms with E-state index in [9.17, 15) is 9.59 Å². The van der Waals surface area contributed by atoms with Gasteiger partial charge >= 0.3 is 0 Å². The van der Waals surface area contributed by atoms with Crippen LogP contribution in [-0.2, 0) is 0 Å². The van der Waals surface area contributed by atoms with Crippen LogP contribution in [0.3, 0.4) is 0 Å². The molecule has 0 saturated carbocycles. The van der Waals surface area contributed by atoms with Gasteiger partial charge in [0, 0.05) is 11.1 Å². The number of rotatable bonds is 7. The average molecular weight is 415 g/mol. The minimum Gasteiger partial charge on any atom is -0.285 e. The number of ketones is 2. The van der Waals surface area contributed by atoms with Crippen LogP contribution in [0.4, 0.5) is 0 Å². The first-order chi connectivity index (χ1) is 15.7. The zero-order valence-electron chi connectivity index (χ0n) is 17.5. The molecular formula is C30H22O2. The Morgan fingerprint density at radius 2 is 0.656 bits per heavy atom. The van der Waals surface area contributed by atoms with E-state index < -0.39 is 11.6 Å². The largest absolute Gasteiger partial charge is 0.285 e. The SMILES string of the molecule is O=C(C(=O)c1ccc(C=Cc2ccccc2)cc1)c1ccc(C=Cc2ccccc2)cc1. The molecule has 0 aromatic heterocycles. The Bertz CT molecular complexity index is 1150. The maximum atomic E-state index is 12.6. The third kappa shape index (κ3) is 5.44. The summed E-state index contributed by atoms with van der Waals surface area (Å²) >= 11 is 0. The second-order valence-corrected chi connectivity index (χ2v) is 7.39. The molecule has 0 aliphatic rings. The van der Waals surface area contributed by atoms with E-state index in [0.29, 0.717) is 11.1 Å². The van der Waals surface area contributed by atoms with Gasteiger partial charge in [-0.25, -0.2) is 0 Å². The highest BCUT2D eigenvalue weighted by Gasteiger charge is 2.17. The highest BCUT2D eigenvalue weighted by Crippen LogP contribution is 2.14. The highest BCUT2D eigenvalue weighted by molar-refractivity contribution is 6.49. The van der Waals surface area contributed by atoms with E-state index >= 15 is 0 Å². The molecular weight excluding hydrogens is 392 g/mol. The fourth-order valence-electron chi connectivity index (χ4n) is 3.27. The van der Waals surface area contributed by atoms with Crippen LogP contribution in [0.25, 0.3) is 24.3 Å². The smallest absolute Gasteiger partial charge is 0.233 e. The lowest BCUT2D eigenvalue weighted by Crippen LogP contribution is -2.14. The molecule has 0 aliphatic carbocycles. The highest BCUT2D eigenvalue weighted by atomic mass is 16.2. The number of Topliss-reactive ketones (excluding diaryl/α,β-unsaturated/α-hetero) is 2. The molecule has 4 rings (SSSR count). The van der Waals surface area contributed by atoms with Crippen molar-refractivity contribution in [2.24, 2.45) is 0 Å². The van der Waals surface area contributed by atoms with E-state index in [1.165, 1.54) is 0 Å². The van der Waals surface area contributed by atoms with E-state index in [0.717, 1.165) is 22.3 Å². The van der Waals surface area contributed by atoms with Crippen LogP contribution in [0, 0.1) is 0 Å². The van der Waals surface area contributed by atoms with Crippen molar-refractivity contribution < 1.29 is 9.59 Å². The van der Waals surface area contributed by atoms with Gasteiger partial charge in [-0.05, 0) is 22.3 Å². The number of carbonyl (C=O) groups excluding carboxylic acids is 2. The van der Waals surface area contributed by atoms with E-state index in [-0.39, 0.29) is 0 Å². The van der Waals surface area contributed by atoms with E-state index in [2.05, 4.69) is 0 Å². The molecule has 0 atom stereocenters. The zero-order valence-corrected chi connectivity index (χ0v) is 17.5. The van der Waals surface area contributed by atoms with Crippen LogP contribution in [0.5, 0.6) is 0 Å². The maximum Gasteiger partial charge on any atom is 0.233 e. The van der Waals surface area contributed by atoms with E-state index in [4.69, 9.17) is 0 Å². The number of carbonyl (C=O) groups is 2. The van der Waals surface area contributed by atoms with Crippen molar-refractivity contribution in [3.05, 3.63) is 143 Å². The predicted octanol–water partition coefficient (Wildman–Crippen LogP) is 7.09. The van der Waals surface area contributed by atoms with Gasteiger partial charge in [-0.2, -0.15) is 0 Å². The summed E-state index contributed by atoms with van der Waals surface area (Å²) in [6, 6.07) is 34.2. The van der Waals surface area contributed by atoms with Crippen LogP contribution >= 0.6 is 0 Å². The lowest BCUT2D eigenvalue weighted by atomic mass is 9.99. The fourth-order valence-corrected chi connectivity index (χ4v) is 3.27. The van der Waals surface area contributed by atoms with Crippen molar-refractivity contribution in [2.75, 3.05) is 0 Å². The molecule has 0 spiro atoms. The summed E-state index contributed by atoms with van der Waals surface area (Å²) in [5.74, 6) is -1.01. The summed E-state index contributed by atoms with van der Waals surface area (Å²) in [7, 11) is 0. The van der Waals surface area contributed by atoms with Crippen molar-refractivity contribution in [2.45, 2.75) is 0 Å². The van der Waals surface area contributed by atoms with Crippen molar-refractivity contribution >= 4 is 35.9 Å². The summed E-state index contributed by atoms with van der Waals surface area (Å²) in [4.78, 5) is 25.3. The molecule has 4 aromatic carbocycles. The molecule has 0 radical (unpaired) electrons. The minimum atomic E-state index is -0.504. The fraction of sp³-hybridized carbons (Fsp3) is 0. The molecule has 0 unspecified atom stereocenters. The standard InChI is InChI=1S/C30H22O2/c31-29(27-19-15-25(16-20-27)13-11-23-7-3-1-4-8-23)30(32)28-21-17-26(18-22-28)14-12-24-9-5-2-6-10-24/h1-22H. The Kier molecular flexibility index (Phi) is 6.64. The summed E-state index contributed by atoms with van der Waals surface area (Å²) < 4.78 is 0. The topological polar surface area (TPSA) is 34.1 Å². The second kappa shape index (κ2) is 10.1. The Morgan fingerprint density at radius 1 is 0.375 bits per heavy atom. The van der Waals surface area contributed by atoms with Crippen LogP contribution in [0.15, 0.2) is 109 Å². The molecule has 2 heteroatoms. The average Bonchev–Trinajstić information content (AvgIpc) is 2.87. The molecule has 0 bridgehead atoms. The van der Waals surface area contributed by atoms with Crippen molar-refractivity contribution in [3.8, 4) is 0 Å². The first-order valence-corrected chi connectivity index (χ1v) is 10.4. The summed E-state index contributed by atoms with van der Waals surface area (Å²) in [5, 5.41) is 0. The Labute approximate surface area is 188 Å². The van der Waals surface area contributed by atoms with Gasteiger partial charge in [0.25, 0.3) is 0 Å². The molecule has 4 aromatic rings. The van der Waals surface area contributed by atoms with Crippen LogP contribution < -0.4 is 0 Å². The second-order valence-electron chi connectivity index (χ2n) is 7.39. The molecule has 0 amide bonds. The molecule has 0 N–H and O–H groups in total. The minimum absolute atomic E-state index is 0.389. The Hall–Kier alpha value is -4.30. The zero-order chi connectivity index (χ0) is 22.2. The Balaban J connectivity index is 1.41. The lowest BCUT2D eigenvalue weighted by Gasteiger charge is -2.03. The molecule has 0 saturated heterocycles. The monoisotopic (exact) mass is 414 g/mol. The summed E-state index contributed by atoms with van der Waals surface area (Å²) in [5.41, 5.74) is 4.91. The van der Waals surface area contributed by atoms with Crippen LogP contribution in [-0.4, -0.2) is 11.6 Å². The summed E-state index contributed by atoms with van der Waals surface area (Å²) in [6.07, 6.45) is 7.98. The van der Waals surface area contributed by atoms with Crippen LogP contribution in [0.1, 0.15) is 43.0 Å². The van der Waals surface area contributed by atoms with Gasteiger partial charge in [-0.1, -0.05) is 133 Å². The van der Waals surface area contributed by atoms with Crippen LogP contribution in [0.2, 0.25) is 0 Å². The maximum absolute atomic E-state index is 12.6. The van der Waals surface area contributed by atoms with E-state index in [1.807, 2.05) is 109 Å². The van der Waals surface area contributed by atoms with Crippen molar-refractivity contribution in [1.82, 2.24) is 0 Å². The molecule has 0 fully saturated rings. The molecule has 2 nitrogen and oxygen atoms in total.